The summed E-state index contributed by atoms with van der Waals surface area (Å²) >= 11 is 1.86. The molecular formula is C49H32N2OS. The molecule has 250 valence electrons. The Morgan fingerprint density at radius 1 is 0.491 bits per heavy atom. The largest absolute Gasteiger partial charge is 0.452 e. The van der Waals surface area contributed by atoms with Crippen molar-refractivity contribution in [1.29, 1.82) is 0 Å². The molecule has 0 N–H and O–H groups in total. The van der Waals surface area contributed by atoms with Crippen molar-refractivity contribution in [1.82, 2.24) is 9.97 Å². The highest BCUT2D eigenvalue weighted by molar-refractivity contribution is 7.26. The number of fused-ring (bicyclic) bond motifs is 9. The Morgan fingerprint density at radius 2 is 1.15 bits per heavy atom. The predicted molar refractivity (Wildman–Crippen MR) is 222 cm³/mol. The summed E-state index contributed by atoms with van der Waals surface area (Å²) in [4.78, 5) is 9.54. The molecule has 0 radical (unpaired) electrons. The minimum Gasteiger partial charge on any atom is -0.452 e. The fraction of sp³-hybridized carbons (Fsp3) is 0.0612. The third kappa shape index (κ3) is 4.59. The molecule has 0 unspecified atom stereocenters. The van der Waals surface area contributed by atoms with Gasteiger partial charge in [0.05, 0.1) is 0 Å². The lowest BCUT2D eigenvalue weighted by Crippen LogP contribution is -2.14. The van der Waals surface area contributed by atoms with Gasteiger partial charge >= 0.3 is 0 Å². The number of hydrogen-bond donors (Lipinski definition) is 0. The van der Waals surface area contributed by atoms with Crippen molar-refractivity contribution in [3.05, 3.63) is 169 Å². The fourth-order valence-corrected chi connectivity index (χ4v) is 9.77. The molecular weight excluding hydrogens is 665 g/mol. The maximum Gasteiger partial charge on any atom is 0.180 e. The molecule has 53 heavy (non-hydrogen) atoms. The van der Waals surface area contributed by atoms with E-state index in [0.29, 0.717) is 5.58 Å². The number of hydrogen-bond acceptors (Lipinski definition) is 4. The van der Waals surface area contributed by atoms with Crippen molar-refractivity contribution in [3.8, 4) is 55.8 Å². The standard InChI is InChI=1S/C49H32N2OS/c1-49(2)41-18-5-3-14-36(41)37-22-20-32(27-42(37)49)31-21-23-43-40(26-31)46-47(52-43)45(50-28-51-46)34-13-8-11-30(25-34)29-10-7-12-33(24-29)35-16-9-17-39-38-15-4-6-19-44(38)53-48(35)39/h3-28H,1-2H3. The first-order valence-electron chi connectivity index (χ1n) is 18.0. The van der Waals surface area contributed by atoms with Gasteiger partial charge in [-0.15, -0.1) is 11.3 Å². The van der Waals surface area contributed by atoms with Gasteiger partial charge in [0.1, 0.15) is 23.1 Å². The highest BCUT2D eigenvalue weighted by Gasteiger charge is 2.35. The van der Waals surface area contributed by atoms with E-state index < -0.39 is 0 Å². The molecule has 0 saturated carbocycles. The zero-order chi connectivity index (χ0) is 35.3. The minimum atomic E-state index is -0.0560. The lowest BCUT2D eigenvalue weighted by atomic mass is 9.81. The van der Waals surface area contributed by atoms with Crippen molar-refractivity contribution in [2.75, 3.05) is 0 Å². The molecule has 3 heterocycles. The zero-order valence-electron chi connectivity index (χ0n) is 29.2. The number of rotatable bonds is 4. The first kappa shape index (κ1) is 30.3. The van der Waals surface area contributed by atoms with Crippen LogP contribution in [0, 0.1) is 0 Å². The molecule has 1 aliphatic rings. The van der Waals surface area contributed by atoms with Crippen molar-refractivity contribution in [2.45, 2.75) is 19.3 Å². The van der Waals surface area contributed by atoms with Gasteiger partial charge in [-0.1, -0.05) is 129 Å². The highest BCUT2D eigenvalue weighted by Crippen LogP contribution is 2.50. The molecule has 0 saturated heterocycles. The Labute approximate surface area is 310 Å². The topological polar surface area (TPSA) is 38.9 Å². The van der Waals surface area contributed by atoms with Crippen LogP contribution in [0.15, 0.2) is 162 Å². The molecule has 1 aliphatic carbocycles. The Balaban J connectivity index is 0.972. The van der Waals surface area contributed by atoms with Crippen LogP contribution in [0.3, 0.4) is 0 Å². The van der Waals surface area contributed by atoms with Gasteiger partial charge in [-0.25, -0.2) is 9.97 Å². The van der Waals surface area contributed by atoms with E-state index in [9.17, 15) is 0 Å². The second-order valence-corrected chi connectivity index (χ2v) is 15.6. The molecule has 3 aromatic heterocycles. The normalized spacial score (nSPS) is 13.2. The first-order chi connectivity index (χ1) is 26.0. The highest BCUT2D eigenvalue weighted by atomic mass is 32.1. The maximum absolute atomic E-state index is 6.54. The predicted octanol–water partition coefficient (Wildman–Crippen LogP) is 13.7. The molecule has 0 spiro atoms. The van der Waals surface area contributed by atoms with Gasteiger partial charge in [0.15, 0.2) is 5.58 Å². The number of aromatic nitrogens is 2. The van der Waals surface area contributed by atoms with Gasteiger partial charge in [-0.05, 0) is 92.0 Å². The average Bonchev–Trinajstić information content (AvgIpc) is 3.85. The average molecular weight is 697 g/mol. The van der Waals surface area contributed by atoms with Crippen LogP contribution < -0.4 is 0 Å². The molecule has 0 bridgehead atoms. The van der Waals surface area contributed by atoms with E-state index in [4.69, 9.17) is 14.4 Å². The molecule has 0 fully saturated rings. The van der Waals surface area contributed by atoms with Gasteiger partial charge in [0, 0.05) is 36.5 Å². The van der Waals surface area contributed by atoms with Crippen molar-refractivity contribution < 1.29 is 4.42 Å². The van der Waals surface area contributed by atoms with E-state index in [1.807, 2.05) is 11.3 Å². The third-order valence-corrected chi connectivity index (χ3v) is 12.4. The first-order valence-corrected chi connectivity index (χ1v) is 18.9. The Kier molecular flexibility index (Phi) is 6.47. The van der Waals surface area contributed by atoms with Crippen LogP contribution in [0.2, 0.25) is 0 Å². The number of nitrogens with zero attached hydrogens (tertiary/aromatic N) is 2. The van der Waals surface area contributed by atoms with Gasteiger partial charge in [0.25, 0.3) is 0 Å². The molecule has 0 amide bonds. The van der Waals surface area contributed by atoms with E-state index in [1.54, 1.807) is 6.33 Å². The van der Waals surface area contributed by atoms with Crippen molar-refractivity contribution >= 4 is 53.6 Å². The fourth-order valence-electron chi connectivity index (χ4n) is 8.53. The molecule has 3 nitrogen and oxygen atoms in total. The van der Waals surface area contributed by atoms with Gasteiger partial charge in [0.2, 0.25) is 0 Å². The van der Waals surface area contributed by atoms with E-state index in [1.165, 1.54) is 59.1 Å². The van der Waals surface area contributed by atoms with Crippen LogP contribution in [-0.4, -0.2) is 9.97 Å². The summed E-state index contributed by atoms with van der Waals surface area (Å²) in [5, 5.41) is 3.61. The van der Waals surface area contributed by atoms with E-state index in [2.05, 4.69) is 166 Å². The quantitative estimate of drug-likeness (QED) is 0.184. The number of benzene rings is 7. The van der Waals surface area contributed by atoms with E-state index >= 15 is 0 Å². The molecule has 10 aromatic rings. The van der Waals surface area contributed by atoms with Crippen LogP contribution in [0.4, 0.5) is 0 Å². The summed E-state index contributed by atoms with van der Waals surface area (Å²) in [7, 11) is 0. The lowest BCUT2D eigenvalue weighted by Gasteiger charge is -2.22. The van der Waals surface area contributed by atoms with Gasteiger partial charge in [-0.2, -0.15) is 0 Å². The van der Waals surface area contributed by atoms with Crippen LogP contribution in [0.25, 0.3) is 98.0 Å². The number of furan rings is 1. The second-order valence-electron chi connectivity index (χ2n) is 14.6. The summed E-state index contributed by atoms with van der Waals surface area (Å²) < 4.78 is 9.18. The van der Waals surface area contributed by atoms with E-state index in [-0.39, 0.29) is 5.41 Å². The zero-order valence-corrected chi connectivity index (χ0v) is 30.0. The summed E-state index contributed by atoms with van der Waals surface area (Å²) in [6.07, 6.45) is 1.66. The minimum absolute atomic E-state index is 0.0560. The van der Waals surface area contributed by atoms with E-state index in [0.717, 1.165) is 44.4 Å². The van der Waals surface area contributed by atoms with Crippen molar-refractivity contribution in [2.24, 2.45) is 0 Å². The van der Waals surface area contributed by atoms with Crippen LogP contribution >= 0.6 is 11.3 Å². The summed E-state index contributed by atoms with van der Waals surface area (Å²) in [6.45, 7) is 4.65. The Morgan fingerprint density at radius 3 is 2.06 bits per heavy atom. The molecule has 0 aliphatic heterocycles. The van der Waals surface area contributed by atoms with Crippen molar-refractivity contribution in [3.63, 3.8) is 0 Å². The molecule has 11 rings (SSSR count). The Hall–Kier alpha value is -6.36. The van der Waals surface area contributed by atoms with Crippen LogP contribution in [-0.2, 0) is 5.41 Å². The monoisotopic (exact) mass is 696 g/mol. The maximum atomic E-state index is 6.54. The Bertz CT molecular complexity index is 3110. The summed E-state index contributed by atoms with van der Waals surface area (Å²) in [6, 6.07) is 54.9. The summed E-state index contributed by atoms with van der Waals surface area (Å²) in [5.41, 5.74) is 16.5. The smallest absolute Gasteiger partial charge is 0.180 e. The van der Waals surface area contributed by atoms with Gasteiger partial charge in [-0.3, -0.25) is 0 Å². The van der Waals surface area contributed by atoms with Crippen LogP contribution in [0.5, 0.6) is 0 Å². The molecule has 4 heteroatoms. The third-order valence-electron chi connectivity index (χ3n) is 11.2. The van der Waals surface area contributed by atoms with Gasteiger partial charge < -0.3 is 4.42 Å². The lowest BCUT2D eigenvalue weighted by molar-refractivity contribution is 0.660. The number of thiophene rings is 1. The summed E-state index contributed by atoms with van der Waals surface area (Å²) in [5.74, 6) is 0. The molecule has 0 atom stereocenters. The molecule has 7 aromatic carbocycles. The second kappa shape index (κ2) is 11.3. The van der Waals surface area contributed by atoms with Crippen LogP contribution in [0.1, 0.15) is 25.0 Å². The SMILES string of the molecule is CC1(C)c2ccccc2-c2ccc(-c3ccc4oc5c(-c6cccc(-c7cccc(-c8cccc9c8sc8ccccc89)c7)c6)ncnc5c4c3)cc21.